The van der Waals surface area contributed by atoms with Crippen molar-refractivity contribution in [3.8, 4) is 5.75 Å². The second-order valence-corrected chi connectivity index (χ2v) is 9.80. The molecule has 0 unspecified atom stereocenters. The summed E-state index contributed by atoms with van der Waals surface area (Å²) in [5.41, 5.74) is 6.40. The van der Waals surface area contributed by atoms with Crippen molar-refractivity contribution in [1.82, 2.24) is 5.32 Å². The van der Waals surface area contributed by atoms with Crippen molar-refractivity contribution >= 4 is 39.7 Å². The number of carbonyl (C=O) groups excluding carboxylic acids is 2. The molecule has 1 atom stereocenters. The van der Waals surface area contributed by atoms with E-state index in [0.717, 1.165) is 29.9 Å². The molecule has 3 rings (SSSR count). The summed E-state index contributed by atoms with van der Waals surface area (Å²) in [6.45, 7) is 2.22. The summed E-state index contributed by atoms with van der Waals surface area (Å²) in [6.07, 6.45) is -3.22. The molecule has 0 bridgehead atoms. The van der Waals surface area contributed by atoms with Gasteiger partial charge in [0.2, 0.25) is 5.91 Å². The summed E-state index contributed by atoms with van der Waals surface area (Å²) in [5, 5.41) is 2.73. The van der Waals surface area contributed by atoms with Gasteiger partial charge in [-0.3, -0.25) is 9.59 Å². The van der Waals surface area contributed by atoms with Crippen LogP contribution in [0.4, 0.5) is 18.9 Å². The molecule has 0 spiro atoms. The number of anilines is 1. The number of fused-ring (bicyclic) bond motifs is 1. The zero-order chi connectivity index (χ0) is 25.1. The molecule has 0 saturated heterocycles. The van der Waals surface area contributed by atoms with Crippen LogP contribution in [-0.2, 0) is 21.2 Å². The second kappa shape index (κ2) is 11.3. The molecular formula is C22H25ClF3N3O5S. The first-order valence-corrected chi connectivity index (χ1v) is 12.1. The quantitative estimate of drug-likeness (QED) is 0.526. The van der Waals surface area contributed by atoms with E-state index in [-0.39, 0.29) is 35.1 Å². The lowest BCUT2D eigenvalue weighted by atomic mass is 10.1. The number of halogens is 4. The number of rotatable bonds is 7. The van der Waals surface area contributed by atoms with E-state index in [1.165, 1.54) is 30.3 Å². The van der Waals surface area contributed by atoms with Gasteiger partial charge in [0.1, 0.15) is 5.75 Å². The molecule has 3 N–H and O–H groups in total. The normalized spacial score (nSPS) is 17.1. The van der Waals surface area contributed by atoms with Gasteiger partial charge in [-0.2, -0.15) is 0 Å². The third-order valence-corrected chi connectivity index (χ3v) is 6.96. The second-order valence-electron chi connectivity index (χ2n) is 7.80. The van der Waals surface area contributed by atoms with Gasteiger partial charge >= 0.3 is 6.36 Å². The van der Waals surface area contributed by atoms with Crippen molar-refractivity contribution < 1.29 is 35.9 Å². The molecule has 0 saturated carbocycles. The molecule has 13 heteroatoms. The number of alkyl halides is 3. The molecule has 2 amide bonds. The summed E-state index contributed by atoms with van der Waals surface area (Å²) in [4.78, 5) is 26.5. The number of amides is 2. The van der Waals surface area contributed by atoms with Crippen LogP contribution in [-0.4, -0.2) is 44.9 Å². The molecule has 192 valence electrons. The lowest BCUT2D eigenvalue weighted by Crippen LogP contribution is -2.45. The molecule has 1 heterocycles. The molecule has 0 aromatic heterocycles. The fourth-order valence-electron chi connectivity index (χ4n) is 3.47. The van der Waals surface area contributed by atoms with Gasteiger partial charge < -0.3 is 20.7 Å². The summed E-state index contributed by atoms with van der Waals surface area (Å²) in [5.74, 6) is -2.18. The van der Waals surface area contributed by atoms with Crippen molar-refractivity contribution in [2.24, 2.45) is 5.73 Å². The maximum atomic E-state index is 13.0. The number of nitrogens with two attached hydrogens (primary N) is 1. The van der Waals surface area contributed by atoms with Crippen molar-refractivity contribution in [3.05, 3.63) is 53.6 Å². The first-order valence-electron chi connectivity index (χ1n) is 10.5. The Balaban J connectivity index is 0.00000432. The molecule has 35 heavy (non-hydrogen) atoms. The van der Waals surface area contributed by atoms with Gasteiger partial charge in [0.15, 0.2) is 9.84 Å². The number of nitrogens with zero attached hydrogens (tertiary/aromatic N) is 1. The highest BCUT2D eigenvalue weighted by atomic mass is 35.5. The van der Waals surface area contributed by atoms with E-state index in [9.17, 15) is 31.2 Å². The minimum atomic E-state index is -4.85. The van der Waals surface area contributed by atoms with E-state index in [2.05, 4.69) is 10.1 Å². The van der Waals surface area contributed by atoms with E-state index in [0.29, 0.717) is 12.1 Å². The van der Waals surface area contributed by atoms with Crippen LogP contribution < -0.4 is 20.7 Å². The predicted octanol–water partition coefficient (Wildman–Crippen LogP) is 3.18. The van der Waals surface area contributed by atoms with Crippen LogP contribution >= 0.6 is 12.4 Å². The number of sulfone groups is 1. The van der Waals surface area contributed by atoms with Crippen LogP contribution in [0, 0.1) is 0 Å². The summed E-state index contributed by atoms with van der Waals surface area (Å²) >= 11 is 0. The van der Waals surface area contributed by atoms with E-state index in [1.807, 2.05) is 6.92 Å². The molecule has 2 aromatic carbocycles. The number of hydrogen-bond acceptors (Lipinski definition) is 6. The maximum absolute atomic E-state index is 13.0. The zero-order valence-corrected chi connectivity index (χ0v) is 20.3. The van der Waals surface area contributed by atoms with Crippen molar-refractivity contribution in [2.75, 3.05) is 17.2 Å². The van der Waals surface area contributed by atoms with Gasteiger partial charge in [0.25, 0.3) is 5.91 Å². The molecule has 0 aliphatic carbocycles. The average molecular weight is 536 g/mol. The summed E-state index contributed by atoms with van der Waals surface area (Å²) < 4.78 is 66.8. The Bertz CT molecular complexity index is 1170. The Morgan fingerprint density at radius 1 is 1.20 bits per heavy atom. The number of benzene rings is 2. The van der Waals surface area contributed by atoms with Crippen molar-refractivity contribution in [1.29, 1.82) is 0 Å². The smallest absolute Gasteiger partial charge is 0.406 e. The van der Waals surface area contributed by atoms with E-state index in [1.54, 1.807) is 0 Å². The number of hydrogen-bond donors (Lipinski definition) is 2. The van der Waals surface area contributed by atoms with Gasteiger partial charge in [0.05, 0.1) is 28.9 Å². The fourth-order valence-corrected chi connectivity index (χ4v) is 5.03. The van der Waals surface area contributed by atoms with Crippen LogP contribution in [0.3, 0.4) is 0 Å². The minimum absolute atomic E-state index is 0. The van der Waals surface area contributed by atoms with E-state index >= 15 is 0 Å². The Hall–Kier alpha value is -2.83. The highest BCUT2D eigenvalue weighted by Crippen LogP contribution is 2.33. The highest BCUT2D eigenvalue weighted by molar-refractivity contribution is 7.91. The standard InChI is InChI=1S/C22H24F3N3O5S.ClH/c1-2-3-10-27-20(29)15-6-9-19-18(11-15)28(21(30)17(26)13-34(19,31)32)12-14-4-7-16(8-5-14)33-22(23,24)25;/h4-9,11,17H,2-3,10,12-13,26H2,1H3,(H,27,29);1H/t17-;/m0./s1. The van der Waals surface area contributed by atoms with Crippen LogP contribution in [0.5, 0.6) is 5.75 Å². The first kappa shape index (κ1) is 28.4. The lowest BCUT2D eigenvalue weighted by Gasteiger charge is -2.24. The number of carbonyl (C=O) groups is 2. The Morgan fingerprint density at radius 2 is 1.86 bits per heavy atom. The van der Waals surface area contributed by atoms with Gasteiger partial charge in [-0.1, -0.05) is 25.5 Å². The predicted molar refractivity (Wildman–Crippen MR) is 125 cm³/mol. The largest absolute Gasteiger partial charge is 0.573 e. The van der Waals surface area contributed by atoms with Crippen molar-refractivity contribution in [2.45, 2.75) is 43.6 Å². The van der Waals surface area contributed by atoms with E-state index < -0.39 is 45.6 Å². The highest BCUT2D eigenvalue weighted by Gasteiger charge is 2.36. The van der Waals surface area contributed by atoms with Gasteiger partial charge in [-0.15, -0.1) is 25.6 Å². The first-order chi connectivity index (χ1) is 15.9. The minimum Gasteiger partial charge on any atom is -0.406 e. The molecule has 0 radical (unpaired) electrons. The zero-order valence-electron chi connectivity index (χ0n) is 18.7. The van der Waals surface area contributed by atoms with E-state index in [4.69, 9.17) is 5.73 Å². The van der Waals surface area contributed by atoms with Gasteiger partial charge in [-0.05, 0) is 42.3 Å². The third-order valence-electron chi connectivity index (χ3n) is 5.14. The Kier molecular flexibility index (Phi) is 9.15. The topological polar surface area (TPSA) is 119 Å². The SMILES string of the molecule is CCCCNC(=O)c1ccc2c(c1)N(Cc1ccc(OC(F)(F)F)cc1)C(=O)[C@@H](N)CS2(=O)=O.Cl. The summed E-state index contributed by atoms with van der Waals surface area (Å²) in [6, 6.07) is 7.39. The molecule has 0 fully saturated rings. The molecule has 1 aliphatic rings. The van der Waals surface area contributed by atoms with Gasteiger partial charge in [0, 0.05) is 12.1 Å². The third kappa shape index (κ3) is 7.09. The van der Waals surface area contributed by atoms with Crippen LogP contribution in [0.25, 0.3) is 0 Å². The molecule has 1 aliphatic heterocycles. The Morgan fingerprint density at radius 3 is 2.46 bits per heavy atom. The molecule has 8 nitrogen and oxygen atoms in total. The number of ether oxygens (including phenoxy) is 1. The van der Waals surface area contributed by atoms with Crippen molar-refractivity contribution in [3.63, 3.8) is 0 Å². The summed E-state index contributed by atoms with van der Waals surface area (Å²) in [7, 11) is -3.94. The maximum Gasteiger partial charge on any atom is 0.573 e. The van der Waals surface area contributed by atoms with Gasteiger partial charge in [-0.25, -0.2) is 8.42 Å². The average Bonchev–Trinajstić information content (AvgIpc) is 2.82. The molecular weight excluding hydrogens is 511 g/mol. The number of unbranched alkanes of at least 4 members (excludes halogenated alkanes) is 1. The fraction of sp³-hybridized carbons (Fsp3) is 0.364. The Labute approximate surface area is 206 Å². The van der Waals surface area contributed by atoms with Crippen LogP contribution in [0.2, 0.25) is 0 Å². The monoisotopic (exact) mass is 535 g/mol. The van der Waals surface area contributed by atoms with Crippen LogP contribution in [0.1, 0.15) is 35.7 Å². The lowest BCUT2D eigenvalue weighted by molar-refractivity contribution is -0.274. The number of nitrogens with one attached hydrogen (secondary N) is 1. The van der Waals surface area contributed by atoms with Crippen LogP contribution in [0.15, 0.2) is 47.4 Å². The molecule has 2 aromatic rings.